The van der Waals surface area contributed by atoms with Gasteiger partial charge in [0.2, 0.25) is 5.91 Å². The maximum absolute atomic E-state index is 11.9. The first-order valence-electron chi connectivity index (χ1n) is 5.74. The molecule has 1 aliphatic carbocycles. The molecule has 0 bridgehead atoms. The molecule has 1 saturated carbocycles. The fourth-order valence-electron chi connectivity index (χ4n) is 2.39. The Labute approximate surface area is 95.0 Å². The van der Waals surface area contributed by atoms with E-state index in [9.17, 15) is 4.79 Å². The van der Waals surface area contributed by atoms with Crippen molar-refractivity contribution in [2.75, 3.05) is 7.11 Å². The number of nitrogens with zero attached hydrogens (tertiary/aromatic N) is 1. The fraction of sp³-hybridized carbons (Fsp3) is 0.462. The Morgan fingerprint density at radius 3 is 2.88 bits per heavy atom. The van der Waals surface area contributed by atoms with Crippen molar-refractivity contribution in [3.05, 3.63) is 29.3 Å². The van der Waals surface area contributed by atoms with Gasteiger partial charge in [-0.05, 0) is 24.5 Å². The molecular weight excluding hydrogens is 202 g/mol. The predicted molar refractivity (Wildman–Crippen MR) is 60.3 cm³/mol. The summed E-state index contributed by atoms with van der Waals surface area (Å²) in [7, 11) is 1.69. The number of ether oxygens (including phenoxy) is 1. The highest BCUT2D eigenvalue weighted by molar-refractivity contribution is 5.82. The maximum atomic E-state index is 11.9. The van der Waals surface area contributed by atoms with E-state index in [1.807, 2.05) is 23.1 Å². The van der Waals surface area contributed by atoms with E-state index in [0.29, 0.717) is 12.5 Å². The third kappa shape index (κ3) is 1.47. The predicted octanol–water partition coefficient (Wildman–Crippen LogP) is 1.74. The third-order valence-electron chi connectivity index (χ3n) is 3.43. The van der Waals surface area contributed by atoms with Crippen LogP contribution in [0.5, 0.6) is 5.75 Å². The number of rotatable bonds is 2. The van der Waals surface area contributed by atoms with Crippen LogP contribution in [-0.2, 0) is 17.8 Å². The quantitative estimate of drug-likeness (QED) is 0.755. The monoisotopic (exact) mass is 217 g/mol. The van der Waals surface area contributed by atoms with Gasteiger partial charge >= 0.3 is 0 Å². The molecular formula is C13H15NO2. The highest BCUT2D eigenvalue weighted by atomic mass is 16.5. The molecule has 1 amide bonds. The van der Waals surface area contributed by atoms with Gasteiger partial charge in [0.05, 0.1) is 13.5 Å². The minimum Gasteiger partial charge on any atom is -0.496 e. The van der Waals surface area contributed by atoms with Crippen molar-refractivity contribution in [3.8, 4) is 5.75 Å². The highest BCUT2D eigenvalue weighted by Gasteiger charge is 2.36. The summed E-state index contributed by atoms with van der Waals surface area (Å²) in [4.78, 5) is 13.9. The number of hydrogen-bond acceptors (Lipinski definition) is 2. The van der Waals surface area contributed by atoms with Gasteiger partial charge in [-0.25, -0.2) is 0 Å². The van der Waals surface area contributed by atoms with Crippen LogP contribution in [-0.4, -0.2) is 24.0 Å². The van der Waals surface area contributed by atoms with Gasteiger partial charge in [-0.3, -0.25) is 4.79 Å². The lowest BCUT2D eigenvalue weighted by atomic mass is 9.98. The molecule has 84 valence electrons. The molecule has 0 saturated heterocycles. The number of hydrogen-bond donors (Lipinski definition) is 0. The second-order valence-electron chi connectivity index (χ2n) is 4.53. The van der Waals surface area contributed by atoms with Crippen LogP contribution < -0.4 is 4.74 Å². The van der Waals surface area contributed by atoms with E-state index < -0.39 is 0 Å². The summed E-state index contributed by atoms with van der Waals surface area (Å²) in [6.07, 6.45) is 2.86. The van der Waals surface area contributed by atoms with Crippen LogP contribution in [0.4, 0.5) is 0 Å². The minimum absolute atomic E-state index is 0.267. The Morgan fingerprint density at radius 2 is 2.19 bits per heavy atom. The highest BCUT2D eigenvalue weighted by Crippen LogP contribution is 2.35. The number of carbonyl (C=O) groups is 1. The van der Waals surface area contributed by atoms with Crippen LogP contribution in [0.3, 0.4) is 0 Å². The maximum Gasteiger partial charge on any atom is 0.227 e. The van der Waals surface area contributed by atoms with E-state index in [1.165, 1.54) is 5.56 Å². The zero-order valence-electron chi connectivity index (χ0n) is 9.40. The summed E-state index contributed by atoms with van der Waals surface area (Å²) in [6.45, 7) is 0.725. The number of benzene rings is 1. The molecule has 3 nitrogen and oxygen atoms in total. The second-order valence-corrected chi connectivity index (χ2v) is 4.53. The summed E-state index contributed by atoms with van der Waals surface area (Å²) >= 11 is 0. The first kappa shape index (κ1) is 9.70. The van der Waals surface area contributed by atoms with E-state index in [0.717, 1.165) is 30.7 Å². The smallest absolute Gasteiger partial charge is 0.227 e. The van der Waals surface area contributed by atoms with Gasteiger partial charge < -0.3 is 9.64 Å². The number of fused-ring (bicyclic) bond motifs is 1. The van der Waals surface area contributed by atoms with E-state index in [-0.39, 0.29) is 5.91 Å². The topological polar surface area (TPSA) is 29.5 Å². The normalized spacial score (nSPS) is 19.6. The first-order chi connectivity index (χ1) is 7.79. The Kier molecular flexibility index (Phi) is 2.13. The van der Waals surface area contributed by atoms with Crippen molar-refractivity contribution in [3.63, 3.8) is 0 Å². The molecule has 3 heteroatoms. The lowest BCUT2D eigenvalue weighted by Gasteiger charge is -2.29. The molecule has 1 aliphatic heterocycles. The zero-order valence-corrected chi connectivity index (χ0v) is 9.40. The Bertz CT molecular complexity index is 438. The standard InChI is InChI=1S/C13H15NO2/c1-16-12-4-2-3-9-7-13(15)14(8-11(9)12)10-5-6-10/h2-4,10H,5-8H2,1H3. The van der Waals surface area contributed by atoms with Crippen molar-refractivity contribution in [2.24, 2.45) is 0 Å². The number of methoxy groups -OCH3 is 1. The molecule has 0 spiro atoms. The average Bonchev–Trinajstić information content (AvgIpc) is 3.11. The number of carbonyl (C=O) groups excluding carboxylic acids is 1. The zero-order chi connectivity index (χ0) is 11.1. The van der Waals surface area contributed by atoms with Crippen LogP contribution >= 0.6 is 0 Å². The van der Waals surface area contributed by atoms with Crippen molar-refractivity contribution in [2.45, 2.75) is 31.8 Å². The lowest BCUT2D eigenvalue weighted by molar-refractivity contribution is -0.132. The molecule has 2 aliphatic rings. The largest absolute Gasteiger partial charge is 0.496 e. The SMILES string of the molecule is COc1cccc2c1CN(C1CC1)C(=O)C2. The average molecular weight is 217 g/mol. The van der Waals surface area contributed by atoms with Crippen molar-refractivity contribution < 1.29 is 9.53 Å². The van der Waals surface area contributed by atoms with Gasteiger partial charge in [-0.2, -0.15) is 0 Å². The van der Waals surface area contributed by atoms with Crippen LogP contribution in [0, 0.1) is 0 Å². The van der Waals surface area contributed by atoms with Gasteiger partial charge in [0, 0.05) is 18.2 Å². The van der Waals surface area contributed by atoms with Gasteiger partial charge in [0.1, 0.15) is 5.75 Å². The van der Waals surface area contributed by atoms with E-state index >= 15 is 0 Å². The van der Waals surface area contributed by atoms with E-state index in [1.54, 1.807) is 7.11 Å². The van der Waals surface area contributed by atoms with Crippen molar-refractivity contribution in [1.82, 2.24) is 4.90 Å². The lowest BCUT2D eigenvalue weighted by Crippen LogP contribution is -2.37. The summed E-state index contributed by atoms with van der Waals surface area (Å²) < 4.78 is 5.36. The molecule has 0 aromatic heterocycles. The van der Waals surface area contributed by atoms with E-state index in [2.05, 4.69) is 0 Å². The summed E-state index contributed by atoms with van der Waals surface area (Å²) in [5, 5.41) is 0. The van der Waals surface area contributed by atoms with Gasteiger partial charge in [0.25, 0.3) is 0 Å². The summed E-state index contributed by atoms with van der Waals surface area (Å²) in [5.41, 5.74) is 2.32. The molecule has 1 heterocycles. The molecule has 0 atom stereocenters. The Hall–Kier alpha value is -1.51. The minimum atomic E-state index is 0.267. The molecule has 1 aromatic rings. The first-order valence-corrected chi connectivity index (χ1v) is 5.74. The van der Waals surface area contributed by atoms with Crippen LogP contribution in [0.25, 0.3) is 0 Å². The van der Waals surface area contributed by atoms with E-state index in [4.69, 9.17) is 4.74 Å². The Balaban J connectivity index is 1.98. The van der Waals surface area contributed by atoms with Gasteiger partial charge in [-0.15, -0.1) is 0 Å². The second kappa shape index (κ2) is 3.51. The van der Waals surface area contributed by atoms with Crippen LogP contribution in [0.1, 0.15) is 24.0 Å². The summed E-state index contributed by atoms with van der Waals surface area (Å²) in [6, 6.07) is 6.45. The number of amides is 1. The Morgan fingerprint density at radius 1 is 1.38 bits per heavy atom. The molecule has 1 aromatic carbocycles. The van der Waals surface area contributed by atoms with Gasteiger partial charge in [0.15, 0.2) is 0 Å². The van der Waals surface area contributed by atoms with Crippen LogP contribution in [0.15, 0.2) is 18.2 Å². The van der Waals surface area contributed by atoms with Crippen molar-refractivity contribution >= 4 is 5.91 Å². The fourth-order valence-corrected chi connectivity index (χ4v) is 2.39. The molecule has 0 radical (unpaired) electrons. The third-order valence-corrected chi connectivity index (χ3v) is 3.43. The molecule has 0 N–H and O–H groups in total. The molecule has 3 rings (SSSR count). The van der Waals surface area contributed by atoms with Crippen LogP contribution in [0.2, 0.25) is 0 Å². The molecule has 1 fully saturated rings. The van der Waals surface area contributed by atoms with Crippen molar-refractivity contribution in [1.29, 1.82) is 0 Å². The summed E-state index contributed by atoms with van der Waals surface area (Å²) in [5.74, 6) is 1.18. The molecule has 0 unspecified atom stereocenters. The molecule has 16 heavy (non-hydrogen) atoms. The van der Waals surface area contributed by atoms with Gasteiger partial charge in [-0.1, -0.05) is 12.1 Å².